The van der Waals surface area contributed by atoms with Crippen molar-refractivity contribution in [1.82, 2.24) is 14.9 Å². The zero-order valence-electron chi connectivity index (χ0n) is 14.2. The van der Waals surface area contributed by atoms with Gasteiger partial charge in [0, 0.05) is 30.6 Å². The second kappa shape index (κ2) is 9.32. The number of sulfonamides is 1. The lowest BCUT2D eigenvalue weighted by Crippen LogP contribution is -2.46. The summed E-state index contributed by atoms with van der Waals surface area (Å²) in [5.74, 6) is -0.0347. The summed E-state index contributed by atoms with van der Waals surface area (Å²) >= 11 is 1.22. The van der Waals surface area contributed by atoms with Crippen LogP contribution in [0.1, 0.15) is 37.0 Å². The van der Waals surface area contributed by atoms with Crippen LogP contribution in [0.4, 0.5) is 0 Å². The van der Waals surface area contributed by atoms with Gasteiger partial charge in [-0.25, -0.2) is 8.42 Å². The average molecular weight is 408 g/mol. The highest BCUT2D eigenvalue weighted by molar-refractivity contribution is 7.91. The molecule has 142 valence electrons. The summed E-state index contributed by atoms with van der Waals surface area (Å²) in [6.45, 7) is 3.02. The Kier molecular flexibility index (Phi) is 7.69. The zero-order chi connectivity index (χ0) is 17.0. The lowest BCUT2D eigenvalue weighted by Gasteiger charge is -2.25. The quantitative estimate of drug-likeness (QED) is 0.779. The Morgan fingerprint density at radius 1 is 1.24 bits per heavy atom. The first-order valence-electron chi connectivity index (χ1n) is 8.64. The number of halogens is 1. The smallest absolute Gasteiger partial charge is 0.252 e. The Morgan fingerprint density at radius 2 is 2.00 bits per heavy atom. The zero-order valence-corrected chi connectivity index (χ0v) is 16.6. The number of nitrogens with zero attached hydrogens (tertiary/aromatic N) is 1. The number of carbonyl (C=O) groups is 1. The molecule has 0 bridgehead atoms. The number of thiophene rings is 1. The van der Waals surface area contributed by atoms with Crippen LogP contribution in [0.25, 0.3) is 0 Å². The third kappa shape index (κ3) is 5.40. The summed E-state index contributed by atoms with van der Waals surface area (Å²) in [4.78, 5) is 12.9. The molecule has 2 N–H and O–H groups in total. The van der Waals surface area contributed by atoms with E-state index in [4.69, 9.17) is 0 Å². The summed E-state index contributed by atoms with van der Waals surface area (Å²) in [6, 6.07) is 3.59. The van der Waals surface area contributed by atoms with E-state index in [-0.39, 0.29) is 30.8 Å². The highest BCUT2D eigenvalue weighted by Gasteiger charge is 2.27. The number of amides is 1. The largest absolute Gasteiger partial charge is 0.352 e. The molecule has 1 amide bonds. The van der Waals surface area contributed by atoms with Gasteiger partial charge in [0.05, 0.1) is 6.42 Å². The van der Waals surface area contributed by atoms with Crippen LogP contribution in [0.15, 0.2) is 16.3 Å². The van der Waals surface area contributed by atoms with Crippen molar-refractivity contribution in [2.75, 3.05) is 26.2 Å². The SMILES string of the molecule is Cl.O=C(Cc1ccc(S(=O)(=O)N2CCCCC2)s1)NC1CCCNC1. The maximum atomic E-state index is 12.6. The molecule has 0 saturated carbocycles. The van der Waals surface area contributed by atoms with Crippen molar-refractivity contribution < 1.29 is 13.2 Å². The molecule has 1 atom stereocenters. The van der Waals surface area contributed by atoms with Gasteiger partial charge in [0.25, 0.3) is 10.0 Å². The Labute approximate surface area is 159 Å². The van der Waals surface area contributed by atoms with E-state index in [0.29, 0.717) is 17.3 Å². The molecule has 1 aromatic rings. The standard InChI is InChI=1S/C16H25N3O3S2.ClH/c20-15(18-13-5-4-8-17-12-13)11-14-6-7-16(23-14)24(21,22)19-9-2-1-3-10-19;/h6-7,13,17H,1-5,8-12H2,(H,18,20);1H. The molecule has 3 rings (SSSR count). The summed E-state index contributed by atoms with van der Waals surface area (Å²) in [5.41, 5.74) is 0. The Hall–Kier alpha value is -0.670. The first-order chi connectivity index (χ1) is 11.6. The highest BCUT2D eigenvalue weighted by Crippen LogP contribution is 2.27. The van der Waals surface area contributed by atoms with Crippen LogP contribution >= 0.6 is 23.7 Å². The number of carbonyl (C=O) groups excluding carboxylic acids is 1. The maximum absolute atomic E-state index is 12.6. The van der Waals surface area contributed by atoms with Crippen LogP contribution in [0.3, 0.4) is 0 Å². The van der Waals surface area contributed by atoms with Gasteiger partial charge in [-0.3, -0.25) is 4.79 Å². The van der Waals surface area contributed by atoms with Gasteiger partial charge in [-0.15, -0.1) is 23.7 Å². The molecule has 2 aliphatic rings. The molecular formula is C16H26ClN3O3S2. The maximum Gasteiger partial charge on any atom is 0.252 e. The van der Waals surface area contributed by atoms with E-state index in [9.17, 15) is 13.2 Å². The van der Waals surface area contributed by atoms with Crippen LogP contribution in [-0.4, -0.2) is 50.9 Å². The van der Waals surface area contributed by atoms with Crippen LogP contribution in [0, 0.1) is 0 Å². The third-order valence-electron chi connectivity index (χ3n) is 4.54. The molecule has 1 unspecified atom stereocenters. The van der Waals surface area contributed by atoms with Crippen LogP contribution in [-0.2, 0) is 21.2 Å². The van der Waals surface area contributed by atoms with Gasteiger partial charge in [-0.05, 0) is 44.4 Å². The van der Waals surface area contributed by atoms with Crippen LogP contribution in [0.5, 0.6) is 0 Å². The summed E-state index contributed by atoms with van der Waals surface area (Å²) in [5, 5.41) is 6.29. The van der Waals surface area contributed by atoms with E-state index in [2.05, 4.69) is 10.6 Å². The highest BCUT2D eigenvalue weighted by atomic mass is 35.5. The predicted molar refractivity (Wildman–Crippen MR) is 102 cm³/mol. The molecule has 2 aliphatic heterocycles. The van der Waals surface area contributed by atoms with Crippen LogP contribution in [0.2, 0.25) is 0 Å². The number of hydrogen-bond donors (Lipinski definition) is 2. The molecule has 2 saturated heterocycles. The number of piperidine rings is 2. The fraction of sp³-hybridized carbons (Fsp3) is 0.688. The van der Waals surface area contributed by atoms with E-state index < -0.39 is 10.0 Å². The van der Waals surface area contributed by atoms with Crippen LogP contribution < -0.4 is 10.6 Å². The molecule has 2 fully saturated rings. The average Bonchev–Trinajstić information content (AvgIpc) is 3.05. The molecule has 1 aromatic heterocycles. The minimum Gasteiger partial charge on any atom is -0.352 e. The first-order valence-corrected chi connectivity index (χ1v) is 10.9. The lowest BCUT2D eigenvalue weighted by molar-refractivity contribution is -0.121. The summed E-state index contributed by atoms with van der Waals surface area (Å²) in [6.07, 6.45) is 5.26. The fourth-order valence-electron chi connectivity index (χ4n) is 3.24. The number of rotatable bonds is 5. The molecule has 0 radical (unpaired) electrons. The molecular weight excluding hydrogens is 382 g/mol. The van der Waals surface area contributed by atoms with E-state index in [1.807, 2.05) is 0 Å². The molecule has 25 heavy (non-hydrogen) atoms. The van der Waals surface area contributed by atoms with Crippen molar-refractivity contribution in [1.29, 1.82) is 0 Å². The Bertz CT molecular complexity index is 666. The fourth-order valence-corrected chi connectivity index (χ4v) is 6.26. The van der Waals surface area contributed by atoms with Crippen molar-refractivity contribution >= 4 is 39.7 Å². The van der Waals surface area contributed by atoms with Gasteiger partial charge < -0.3 is 10.6 Å². The summed E-state index contributed by atoms with van der Waals surface area (Å²) < 4.78 is 27.2. The second-order valence-corrected chi connectivity index (χ2v) is 9.81. The Balaban J connectivity index is 0.00000225. The van der Waals surface area contributed by atoms with Gasteiger partial charge in [-0.2, -0.15) is 4.31 Å². The minimum atomic E-state index is -3.39. The second-order valence-electron chi connectivity index (χ2n) is 6.47. The van der Waals surface area contributed by atoms with Crippen molar-refractivity contribution in [2.45, 2.75) is 48.8 Å². The van der Waals surface area contributed by atoms with E-state index in [1.54, 1.807) is 16.4 Å². The van der Waals surface area contributed by atoms with E-state index in [0.717, 1.165) is 50.1 Å². The topological polar surface area (TPSA) is 78.5 Å². The minimum absolute atomic E-state index is 0. The van der Waals surface area contributed by atoms with Gasteiger partial charge in [0.1, 0.15) is 4.21 Å². The van der Waals surface area contributed by atoms with Gasteiger partial charge in [0.2, 0.25) is 5.91 Å². The normalized spacial score (nSPS) is 22.2. The van der Waals surface area contributed by atoms with E-state index >= 15 is 0 Å². The first kappa shape index (κ1) is 20.6. The summed E-state index contributed by atoms with van der Waals surface area (Å²) in [7, 11) is -3.39. The molecule has 6 nitrogen and oxygen atoms in total. The number of nitrogens with one attached hydrogen (secondary N) is 2. The van der Waals surface area contributed by atoms with Gasteiger partial charge in [-0.1, -0.05) is 6.42 Å². The molecule has 3 heterocycles. The molecule has 9 heteroatoms. The van der Waals surface area contributed by atoms with E-state index in [1.165, 1.54) is 11.3 Å². The molecule has 0 spiro atoms. The Morgan fingerprint density at radius 3 is 2.68 bits per heavy atom. The van der Waals surface area contributed by atoms with Crippen molar-refractivity contribution in [2.24, 2.45) is 0 Å². The third-order valence-corrected chi connectivity index (χ3v) is 7.99. The van der Waals surface area contributed by atoms with Crippen molar-refractivity contribution in [3.8, 4) is 0 Å². The molecule has 0 aliphatic carbocycles. The number of hydrogen-bond acceptors (Lipinski definition) is 5. The van der Waals surface area contributed by atoms with Crippen molar-refractivity contribution in [3.63, 3.8) is 0 Å². The van der Waals surface area contributed by atoms with Gasteiger partial charge in [0.15, 0.2) is 0 Å². The lowest BCUT2D eigenvalue weighted by atomic mass is 10.1. The molecule has 0 aromatic carbocycles. The monoisotopic (exact) mass is 407 g/mol. The van der Waals surface area contributed by atoms with Gasteiger partial charge >= 0.3 is 0 Å². The predicted octanol–water partition coefficient (Wildman–Crippen LogP) is 1.76. The van der Waals surface area contributed by atoms with Crippen molar-refractivity contribution in [3.05, 3.63) is 17.0 Å².